The predicted octanol–water partition coefficient (Wildman–Crippen LogP) is 4.63. The van der Waals surface area contributed by atoms with E-state index in [9.17, 15) is 0 Å². The molecule has 0 aliphatic heterocycles. The zero-order valence-electron chi connectivity index (χ0n) is 10.2. The largest absolute Gasteiger partial charge is 0.0842 e. The van der Waals surface area contributed by atoms with Crippen molar-refractivity contribution in [3.05, 3.63) is 77.4 Å². The predicted molar refractivity (Wildman–Crippen MR) is 73.8 cm³/mol. The normalized spacial score (nSPS) is 20.7. The molecule has 2 aliphatic rings. The number of hydrogen-bond acceptors (Lipinski definition) is 0. The first-order chi connectivity index (χ1) is 8.45. The number of fused-ring (bicyclic) bond motifs is 1. The molecule has 0 heterocycles. The molecule has 0 spiro atoms. The van der Waals surface area contributed by atoms with Gasteiger partial charge in [-0.1, -0.05) is 72.4 Å². The summed E-state index contributed by atoms with van der Waals surface area (Å²) in [5.41, 5.74) is 4.35. The summed E-state index contributed by atoms with van der Waals surface area (Å²) >= 11 is 0. The van der Waals surface area contributed by atoms with Crippen LogP contribution in [0.2, 0.25) is 0 Å². The minimum Gasteiger partial charge on any atom is -0.0842 e. The maximum absolute atomic E-state index is 2.33. The van der Waals surface area contributed by atoms with Gasteiger partial charge in [-0.15, -0.1) is 0 Å². The Morgan fingerprint density at radius 3 is 2.83 bits per heavy atom. The van der Waals surface area contributed by atoms with Crippen LogP contribution in [0.25, 0.3) is 6.08 Å². The van der Waals surface area contributed by atoms with E-state index in [2.05, 4.69) is 66.8 Å². The minimum atomic E-state index is 0. The van der Waals surface area contributed by atoms with Gasteiger partial charge in [0.25, 0.3) is 0 Å². The fraction of sp³-hybridized carbons (Fsp3) is 0.176. The van der Waals surface area contributed by atoms with E-state index < -0.39 is 0 Å². The van der Waals surface area contributed by atoms with Gasteiger partial charge in [0.05, 0.1) is 0 Å². The third-order valence-corrected chi connectivity index (χ3v) is 3.47. The summed E-state index contributed by atoms with van der Waals surface area (Å²) in [5, 5.41) is 0. The number of rotatable bonds is 1. The molecule has 93 valence electrons. The Morgan fingerprint density at radius 2 is 1.89 bits per heavy atom. The van der Waals surface area contributed by atoms with E-state index in [-0.39, 0.29) is 16.8 Å². The Morgan fingerprint density at radius 1 is 1.00 bits per heavy atom. The second-order valence-electron chi connectivity index (χ2n) is 4.56. The van der Waals surface area contributed by atoms with Crippen molar-refractivity contribution in [2.45, 2.75) is 18.8 Å². The van der Waals surface area contributed by atoms with E-state index >= 15 is 0 Å². The van der Waals surface area contributed by atoms with Gasteiger partial charge < -0.3 is 0 Å². The topological polar surface area (TPSA) is 0 Å². The molecule has 1 heteroatoms. The average molecular weight is 279 g/mol. The van der Waals surface area contributed by atoms with Gasteiger partial charge in [-0.2, -0.15) is 0 Å². The van der Waals surface area contributed by atoms with Crippen LogP contribution in [0.3, 0.4) is 0 Å². The first kappa shape index (κ1) is 13.1. The Hall–Kier alpha value is -1.31. The molecule has 0 amide bonds. The summed E-state index contributed by atoms with van der Waals surface area (Å²) in [7, 11) is 0. The smallest absolute Gasteiger partial charge is 0.0240 e. The van der Waals surface area contributed by atoms with Crippen LogP contribution in [-0.4, -0.2) is 0 Å². The Bertz CT molecular complexity index is 532. The van der Waals surface area contributed by atoms with Gasteiger partial charge in [-0.05, 0) is 24.0 Å². The second kappa shape index (κ2) is 6.03. The molecule has 18 heavy (non-hydrogen) atoms. The monoisotopic (exact) mass is 279 g/mol. The van der Waals surface area contributed by atoms with Crippen molar-refractivity contribution in [2.24, 2.45) is 0 Å². The van der Waals surface area contributed by atoms with E-state index in [0.717, 1.165) is 12.8 Å². The van der Waals surface area contributed by atoms with E-state index in [1.165, 1.54) is 16.7 Å². The van der Waals surface area contributed by atoms with E-state index in [4.69, 9.17) is 0 Å². The van der Waals surface area contributed by atoms with Crippen molar-refractivity contribution in [1.29, 1.82) is 0 Å². The van der Waals surface area contributed by atoms with Crippen molar-refractivity contribution in [3.8, 4) is 0 Å². The van der Waals surface area contributed by atoms with E-state index in [1.54, 1.807) is 0 Å². The van der Waals surface area contributed by atoms with Crippen molar-refractivity contribution < 1.29 is 16.8 Å². The molecule has 0 saturated carbocycles. The first-order valence-electron chi connectivity index (χ1n) is 6.24. The third-order valence-electron chi connectivity index (χ3n) is 3.47. The Balaban J connectivity index is 0.00000120. The van der Waals surface area contributed by atoms with Gasteiger partial charge in [0, 0.05) is 22.7 Å². The molecule has 1 aromatic rings. The van der Waals surface area contributed by atoms with Crippen LogP contribution in [0.15, 0.2) is 66.3 Å². The van der Waals surface area contributed by atoms with Crippen LogP contribution in [0.4, 0.5) is 0 Å². The fourth-order valence-corrected chi connectivity index (χ4v) is 2.58. The first-order valence-corrected chi connectivity index (χ1v) is 6.24. The molecule has 0 nitrogen and oxygen atoms in total. The Labute approximate surface area is 119 Å². The summed E-state index contributed by atoms with van der Waals surface area (Å²) in [6.07, 6.45) is 17.8. The molecular formula is C17H16Co. The van der Waals surface area contributed by atoms with E-state index in [0.29, 0.717) is 5.92 Å². The molecule has 1 unspecified atom stereocenters. The fourth-order valence-electron chi connectivity index (χ4n) is 2.58. The number of allylic oxidation sites excluding steroid dienone is 7. The maximum atomic E-state index is 2.33. The van der Waals surface area contributed by atoms with Crippen LogP contribution >= 0.6 is 0 Å². The van der Waals surface area contributed by atoms with Gasteiger partial charge in [0.2, 0.25) is 0 Å². The van der Waals surface area contributed by atoms with Crippen LogP contribution in [0, 0.1) is 0 Å². The van der Waals surface area contributed by atoms with Crippen LogP contribution in [0.1, 0.15) is 29.9 Å². The van der Waals surface area contributed by atoms with Crippen molar-refractivity contribution in [3.63, 3.8) is 0 Å². The molecule has 1 atom stereocenters. The summed E-state index contributed by atoms with van der Waals surface area (Å²) < 4.78 is 0. The quantitative estimate of drug-likeness (QED) is 0.703. The van der Waals surface area contributed by atoms with Gasteiger partial charge in [-0.3, -0.25) is 0 Å². The summed E-state index contributed by atoms with van der Waals surface area (Å²) in [6.45, 7) is 0. The maximum Gasteiger partial charge on any atom is 0.0240 e. The van der Waals surface area contributed by atoms with E-state index in [1.807, 2.05) is 0 Å². The van der Waals surface area contributed by atoms with Crippen LogP contribution < -0.4 is 0 Å². The molecule has 3 rings (SSSR count). The molecule has 0 bridgehead atoms. The standard InChI is InChI=1S/C17H16.Co/c1-2-4-8-14(9-5-3-1)17-13-12-15-10-6-7-11-16(15)17;/h1-4,6-8,10-13,17H,5,9H2;. The molecule has 0 saturated heterocycles. The van der Waals surface area contributed by atoms with Gasteiger partial charge in [0.1, 0.15) is 0 Å². The third kappa shape index (κ3) is 2.57. The average Bonchev–Trinajstić information content (AvgIpc) is 2.73. The summed E-state index contributed by atoms with van der Waals surface area (Å²) in [6, 6.07) is 8.70. The Kier molecular flexibility index (Phi) is 4.40. The second-order valence-corrected chi connectivity index (χ2v) is 4.56. The zero-order chi connectivity index (χ0) is 11.5. The molecule has 2 aliphatic carbocycles. The number of hydrogen-bond donors (Lipinski definition) is 0. The van der Waals surface area contributed by atoms with Crippen molar-refractivity contribution in [2.75, 3.05) is 0 Å². The minimum absolute atomic E-state index is 0. The van der Waals surface area contributed by atoms with Crippen molar-refractivity contribution >= 4 is 6.08 Å². The van der Waals surface area contributed by atoms with Gasteiger partial charge in [-0.25, -0.2) is 0 Å². The number of benzene rings is 1. The van der Waals surface area contributed by atoms with Crippen LogP contribution in [-0.2, 0) is 16.8 Å². The van der Waals surface area contributed by atoms with Gasteiger partial charge in [0.15, 0.2) is 0 Å². The van der Waals surface area contributed by atoms with Gasteiger partial charge >= 0.3 is 0 Å². The molecule has 0 aromatic heterocycles. The molecule has 1 aromatic carbocycles. The molecule has 0 N–H and O–H groups in total. The summed E-state index contributed by atoms with van der Waals surface area (Å²) in [5.74, 6) is 0.488. The molecular weight excluding hydrogens is 263 g/mol. The van der Waals surface area contributed by atoms with Crippen molar-refractivity contribution in [1.82, 2.24) is 0 Å². The SMILES string of the molecule is C1=CC=C(C2C=Cc3ccccc32)CCC=C1.[Co]. The summed E-state index contributed by atoms with van der Waals surface area (Å²) in [4.78, 5) is 0. The molecule has 0 fully saturated rings. The zero-order valence-corrected chi connectivity index (χ0v) is 11.2. The van der Waals surface area contributed by atoms with Crippen LogP contribution in [0.5, 0.6) is 0 Å². The molecule has 1 radical (unpaired) electrons.